The molecule has 10 atom stereocenters. The first-order chi connectivity index (χ1) is 21.9. The summed E-state index contributed by atoms with van der Waals surface area (Å²) in [5, 5.41) is 0. The van der Waals surface area contributed by atoms with Gasteiger partial charge >= 0.3 is 47.8 Å². The Labute approximate surface area is 268 Å². The van der Waals surface area contributed by atoms with Gasteiger partial charge in [0.1, 0.15) is 25.4 Å². The van der Waals surface area contributed by atoms with E-state index >= 15 is 0 Å². The van der Waals surface area contributed by atoms with Gasteiger partial charge in [0, 0.05) is 55.4 Å². The first-order valence-corrected chi connectivity index (χ1v) is 14.2. The number of esters is 8. The molecular formula is C28H38O19. The van der Waals surface area contributed by atoms with Gasteiger partial charge in [-0.3, -0.25) is 38.4 Å². The lowest BCUT2D eigenvalue weighted by Crippen LogP contribution is -2.66. The van der Waals surface area contributed by atoms with E-state index in [0.29, 0.717) is 0 Å². The minimum absolute atomic E-state index is 0.587. The second kappa shape index (κ2) is 17.5. The third-order valence-electron chi connectivity index (χ3n) is 6.16. The number of rotatable bonds is 12. The summed E-state index contributed by atoms with van der Waals surface area (Å²) in [5.41, 5.74) is 0. The van der Waals surface area contributed by atoms with Gasteiger partial charge in [0.2, 0.25) is 12.6 Å². The monoisotopic (exact) mass is 678 g/mol. The molecule has 0 aromatic rings. The molecule has 0 aromatic heterocycles. The summed E-state index contributed by atoms with van der Waals surface area (Å²) in [6, 6.07) is 0. The topological polar surface area (TPSA) is 238 Å². The van der Waals surface area contributed by atoms with Crippen molar-refractivity contribution in [2.24, 2.45) is 0 Å². The first kappa shape index (κ1) is 38.8. The highest BCUT2D eigenvalue weighted by Crippen LogP contribution is 2.35. The second-order valence-corrected chi connectivity index (χ2v) is 10.3. The Balaban J connectivity index is 2.69. The highest BCUT2D eigenvalue weighted by molar-refractivity contribution is 5.70. The molecule has 0 unspecified atom stereocenters. The Morgan fingerprint density at radius 3 is 0.894 bits per heavy atom. The third kappa shape index (κ3) is 12.1. The van der Waals surface area contributed by atoms with Crippen molar-refractivity contribution in [3.05, 3.63) is 0 Å². The zero-order chi connectivity index (χ0) is 35.6. The van der Waals surface area contributed by atoms with Crippen molar-refractivity contribution >= 4 is 47.8 Å². The van der Waals surface area contributed by atoms with Gasteiger partial charge in [0.05, 0.1) is 0 Å². The van der Waals surface area contributed by atoms with Crippen LogP contribution in [0.1, 0.15) is 55.4 Å². The Morgan fingerprint density at radius 1 is 0.383 bits per heavy atom. The van der Waals surface area contributed by atoms with Crippen molar-refractivity contribution in [3.8, 4) is 0 Å². The quantitative estimate of drug-likeness (QED) is 0.181. The van der Waals surface area contributed by atoms with E-state index < -0.39 is 122 Å². The van der Waals surface area contributed by atoms with Gasteiger partial charge in [-0.2, -0.15) is 0 Å². The smallest absolute Gasteiger partial charge is 0.303 e. The summed E-state index contributed by atoms with van der Waals surface area (Å²) in [5.74, 6) is -6.98. The van der Waals surface area contributed by atoms with Gasteiger partial charge in [-0.1, -0.05) is 0 Å². The van der Waals surface area contributed by atoms with Crippen molar-refractivity contribution in [1.82, 2.24) is 0 Å². The van der Waals surface area contributed by atoms with Gasteiger partial charge < -0.3 is 52.1 Å². The number of carbonyl (C=O) groups is 8. The number of carbonyl (C=O) groups excluding carboxylic acids is 8. The number of ether oxygens (including phenoxy) is 11. The van der Waals surface area contributed by atoms with E-state index in [-0.39, 0.29) is 0 Å². The van der Waals surface area contributed by atoms with Crippen LogP contribution in [-0.2, 0) is 90.5 Å². The van der Waals surface area contributed by atoms with Gasteiger partial charge in [0.25, 0.3) is 0 Å². The summed E-state index contributed by atoms with van der Waals surface area (Å²) in [7, 11) is 0. The molecule has 0 N–H and O–H groups in total. The van der Waals surface area contributed by atoms with E-state index in [1.165, 1.54) is 0 Å². The normalized spacial score (nSPS) is 30.0. The van der Waals surface area contributed by atoms with Crippen LogP contribution in [0.4, 0.5) is 0 Å². The van der Waals surface area contributed by atoms with Crippen molar-refractivity contribution in [2.75, 3.05) is 13.2 Å². The molecule has 2 aliphatic rings. The molecule has 47 heavy (non-hydrogen) atoms. The number of hydrogen-bond acceptors (Lipinski definition) is 19. The molecule has 0 aromatic carbocycles. The predicted octanol–water partition coefficient (Wildman–Crippen LogP) is -0.831. The van der Waals surface area contributed by atoms with Gasteiger partial charge in [-0.15, -0.1) is 0 Å². The zero-order valence-electron chi connectivity index (χ0n) is 26.9. The van der Waals surface area contributed by atoms with E-state index in [0.717, 1.165) is 55.4 Å². The molecule has 2 rings (SSSR count). The number of hydrogen-bond donors (Lipinski definition) is 0. The minimum Gasteiger partial charge on any atom is -0.463 e. The van der Waals surface area contributed by atoms with Crippen LogP contribution in [0.25, 0.3) is 0 Å². The maximum atomic E-state index is 12.2. The predicted molar refractivity (Wildman–Crippen MR) is 145 cm³/mol. The molecule has 0 spiro atoms. The van der Waals surface area contributed by atoms with Crippen molar-refractivity contribution in [1.29, 1.82) is 0 Å². The Hall–Kier alpha value is -4.36. The lowest BCUT2D eigenvalue weighted by Gasteiger charge is -2.48. The van der Waals surface area contributed by atoms with Gasteiger partial charge in [0.15, 0.2) is 36.6 Å². The Kier molecular flexibility index (Phi) is 14.5. The average molecular weight is 679 g/mol. The first-order valence-electron chi connectivity index (χ1n) is 14.2. The van der Waals surface area contributed by atoms with Crippen molar-refractivity contribution < 1.29 is 90.5 Å². The lowest BCUT2D eigenvalue weighted by atomic mass is 9.96. The van der Waals surface area contributed by atoms with E-state index in [4.69, 9.17) is 52.1 Å². The van der Waals surface area contributed by atoms with Crippen LogP contribution in [0.5, 0.6) is 0 Å². The molecule has 2 fully saturated rings. The molecule has 0 bridgehead atoms. The molecule has 19 heteroatoms. The highest BCUT2D eigenvalue weighted by Gasteiger charge is 2.57. The summed E-state index contributed by atoms with van der Waals surface area (Å²) in [6.45, 7) is 7.10. The molecule has 0 aliphatic carbocycles. The molecule has 0 saturated carbocycles. The van der Waals surface area contributed by atoms with Crippen LogP contribution in [-0.4, -0.2) is 122 Å². The van der Waals surface area contributed by atoms with Crippen LogP contribution >= 0.6 is 0 Å². The van der Waals surface area contributed by atoms with Gasteiger partial charge in [-0.05, 0) is 0 Å². The molecule has 0 amide bonds. The molecule has 2 heterocycles. The summed E-state index contributed by atoms with van der Waals surface area (Å²) in [6.07, 6.45) is -16.3. The fraction of sp³-hybridized carbons (Fsp3) is 0.714. The van der Waals surface area contributed by atoms with E-state index in [9.17, 15) is 38.4 Å². The molecule has 264 valence electrons. The van der Waals surface area contributed by atoms with E-state index in [2.05, 4.69) is 0 Å². The molecule has 2 aliphatic heterocycles. The van der Waals surface area contributed by atoms with Gasteiger partial charge in [-0.25, -0.2) is 0 Å². The average Bonchev–Trinajstić information content (AvgIpc) is 2.91. The molecule has 2 saturated heterocycles. The maximum Gasteiger partial charge on any atom is 0.303 e. The summed E-state index contributed by atoms with van der Waals surface area (Å²) in [4.78, 5) is 96.2. The summed E-state index contributed by atoms with van der Waals surface area (Å²) >= 11 is 0. The van der Waals surface area contributed by atoms with Crippen LogP contribution in [0.2, 0.25) is 0 Å². The van der Waals surface area contributed by atoms with Crippen LogP contribution in [0.15, 0.2) is 0 Å². The van der Waals surface area contributed by atoms with Crippen LogP contribution < -0.4 is 0 Å². The Bertz CT molecular complexity index is 1110. The lowest BCUT2D eigenvalue weighted by molar-refractivity contribution is -0.377. The van der Waals surface area contributed by atoms with E-state index in [1.54, 1.807) is 0 Å². The molecular weight excluding hydrogens is 640 g/mol. The van der Waals surface area contributed by atoms with Crippen molar-refractivity contribution in [2.45, 2.75) is 117 Å². The largest absolute Gasteiger partial charge is 0.463 e. The molecule has 0 radical (unpaired) electrons. The minimum atomic E-state index is -1.84. The zero-order valence-corrected chi connectivity index (χ0v) is 26.9. The molecule has 19 nitrogen and oxygen atoms in total. The van der Waals surface area contributed by atoms with E-state index in [1.807, 2.05) is 0 Å². The highest BCUT2D eigenvalue weighted by atomic mass is 16.8. The second-order valence-electron chi connectivity index (χ2n) is 10.3. The van der Waals surface area contributed by atoms with Crippen molar-refractivity contribution in [3.63, 3.8) is 0 Å². The SMILES string of the molecule is CC(=O)OC[C@H]1O[C@@H](O[C@H]2O[C@H](COC(C)=O)[C@@H](OC(C)=O)[C@H](OC(C)=O)[C@H]2OC(C)=O)[C@H](OC(C)=O)[C@@H](OC(C)=O)[C@@H]1OC(C)=O. The summed E-state index contributed by atoms with van der Waals surface area (Å²) < 4.78 is 60.1. The third-order valence-corrected chi connectivity index (χ3v) is 6.16. The standard InChI is InChI=1S/C28H38O19/c1-11(29)37-9-19-21(39-13(3)31)23(41-15(5)33)25(43-17(7)35)27(45-19)47-28-26(44-18(8)36)24(42-16(6)34)22(40-14(4)32)20(46-28)10-38-12(2)30/h19-28H,9-10H2,1-8H3/t19-,20-,21-,22-,23+,24+,25-,26-,27-,28+/m1/s1. The fourth-order valence-corrected chi connectivity index (χ4v) is 4.73. The Morgan fingerprint density at radius 2 is 0.638 bits per heavy atom. The fourth-order valence-electron chi connectivity index (χ4n) is 4.73. The van der Waals surface area contributed by atoms with Crippen LogP contribution in [0.3, 0.4) is 0 Å². The van der Waals surface area contributed by atoms with Crippen LogP contribution in [0, 0.1) is 0 Å². The maximum absolute atomic E-state index is 12.2.